The van der Waals surface area contributed by atoms with Gasteiger partial charge in [-0.2, -0.15) is 0 Å². The maximum absolute atomic E-state index is 14.6. The summed E-state index contributed by atoms with van der Waals surface area (Å²) in [5, 5.41) is 18.0. The number of aromatic nitrogens is 6. The number of β-lactam (4-membered cyclic amide) rings is 1. The van der Waals surface area contributed by atoms with Crippen LogP contribution in [-0.4, -0.2) is 88.6 Å². The van der Waals surface area contributed by atoms with Crippen molar-refractivity contribution >= 4 is 23.5 Å². The normalized spacial score (nSPS) is 18.4. The summed E-state index contributed by atoms with van der Waals surface area (Å²) in [6.07, 6.45) is 35.7. The number of allylic oxidation sites excluding steroid dienone is 12. The van der Waals surface area contributed by atoms with Gasteiger partial charge in [0.05, 0.1) is 30.5 Å². The fourth-order valence-corrected chi connectivity index (χ4v) is 9.21. The number of ether oxygens (including phenoxy) is 2. The molecule has 1 amide bonds. The monoisotopic (exact) mass is 922 g/mol. The van der Waals surface area contributed by atoms with Gasteiger partial charge in [-0.05, 0) is 103 Å². The molecule has 2 aromatic heterocycles. The highest BCUT2D eigenvalue weighted by molar-refractivity contribution is 6.05. The van der Waals surface area contributed by atoms with Crippen molar-refractivity contribution in [3.05, 3.63) is 197 Å². The molecule has 0 bridgehead atoms. The standard InChI is InChI=1S/C56H58N8O5/c65-53(32-21-43-14-8-9-15-43)45-23-27-50(28-24-45)68-36-34-62-40-47(57-59-62)38-61(55-52(31-20-42-12-4-3-5-13-42)64(56(55)67)49-18-6-1-2-7-19-49)39-48-41-63(60-58-48)35-37-69-51-29-25-46(26-30-51)54(66)33-22-44-16-10-11-17-44/h3-5,8,10,12-17,20-33,40-41,49,52,55H,1-2,6-7,9,11,18-19,34-39H2/b31-20+,32-21+,33-22+/t52-,55+/m1/s1. The maximum Gasteiger partial charge on any atom is 0.243 e. The van der Waals surface area contributed by atoms with E-state index in [0.29, 0.717) is 73.4 Å². The van der Waals surface area contributed by atoms with Crippen LogP contribution in [0.2, 0.25) is 0 Å². The van der Waals surface area contributed by atoms with Gasteiger partial charge in [-0.25, -0.2) is 9.36 Å². The molecule has 3 aromatic carbocycles. The molecule has 13 nitrogen and oxygen atoms in total. The summed E-state index contributed by atoms with van der Waals surface area (Å²) in [5.41, 5.74) is 5.78. The third-order valence-electron chi connectivity index (χ3n) is 12.9. The highest BCUT2D eigenvalue weighted by Gasteiger charge is 2.51. The molecule has 2 fully saturated rings. The lowest BCUT2D eigenvalue weighted by atomic mass is 9.87. The number of carbonyl (C=O) groups is 3. The zero-order valence-corrected chi connectivity index (χ0v) is 38.8. The van der Waals surface area contributed by atoms with Crippen LogP contribution in [0.4, 0.5) is 0 Å². The molecular formula is C56H58N8O5. The first-order chi connectivity index (χ1) is 33.9. The Balaban J connectivity index is 0.856. The maximum atomic E-state index is 14.6. The Labute approximate surface area is 403 Å². The first-order valence-electron chi connectivity index (χ1n) is 24.1. The van der Waals surface area contributed by atoms with Crippen LogP contribution < -0.4 is 9.47 Å². The highest BCUT2D eigenvalue weighted by atomic mass is 16.5. The SMILES string of the molecule is O=C(/C=C/C1=CCC=C1)c1ccc(OCCn2cc(CN(Cc3cn(CCOc4ccc(C(=O)/C=C/C5=CCC=C5)cc4)nn3)[C@@H]3C(=O)N(C4CCCCCC4)[C@@H]3/C=C/c3ccccc3)nn2)cc1. The molecule has 352 valence electrons. The molecule has 1 saturated carbocycles. The quantitative estimate of drug-likeness (QED) is 0.0286. The lowest BCUT2D eigenvalue weighted by Gasteiger charge is -2.53. The largest absolute Gasteiger partial charge is 0.492 e. The molecular weight excluding hydrogens is 865 g/mol. The van der Waals surface area contributed by atoms with Crippen LogP contribution >= 0.6 is 0 Å². The number of amides is 1. The topological polar surface area (TPSA) is 138 Å². The molecule has 5 aromatic rings. The van der Waals surface area contributed by atoms with Crippen molar-refractivity contribution in [2.45, 2.75) is 95.7 Å². The number of benzene rings is 3. The number of likely N-dealkylation sites (tertiary alicyclic amines) is 1. The van der Waals surface area contributed by atoms with Crippen molar-refractivity contribution in [1.29, 1.82) is 0 Å². The highest BCUT2D eigenvalue weighted by Crippen LogP contribution is 2.36. The van der Waals surface area contributed by atoms with Crippen LogP contribution in [0, 0.1) is 0 Å². The zero-order valence-electron chi connectivity index (χ0n) is 38.8. The molecule has 69 heavy (non-hydrogen) atoms. The third-order valence-corrected chi connectivity index (χ3v) is 12.9. The molecule has 1 saturated heterocycles. The van der Waals surface area contributed by atoms with Gasteiger partial charge in [0.25, 0.3) is 0 Å². The molecule has 3 aliphatic carbocycles. The van der Waals surface area contributed by atoms with Gasteiger partial charge >= 0.3 is 0 Å². The average Bonchev–Trinajstić information content (AvgIpc) is 4.22. The first kappa shape index (κ1) is 46.6. The average molecular weight is 923 g/mol. The lowest BCUT2D eigenvalue weighted by Crippen LogP contribution is -2.71. The van der Waals surface area contributed by atoms with E-state index in [2.05, 4.69) is 79.0 Å². The van der Waals surface area contributed by atoms with Gasteiger partial charge in [0.1, 0.15) is 30.8 Å². The summed E-state index contributed by atoms with van der Waals surface area (Å²) in [6.45, 7) is 2.31. The van der Waals surface area contributed by atoms with Gasteiger partial charge in [0.2, 0.25) is 5.91 Å². The van der Waals surface area contributed by atoms with Gasteiger partial charge < -0.3 is 14.4 Å². The minimum absolute atomic E-state index is 0.0608. The van der Waals surface area contributed by atoms with E-state index in [4.69, 9.17) is 9.47 Å². The predicted molar refractivity (Wildman–Crippen MR) is 265 cm³/mol. The molecule has 0 N–H and O–H groups in total. The van der Waals surface area contributed by atoms with E-state index >= 15 is 0 Å². The van der Waals surface area contributed by atoms with Crippen LogP contribution in [0.15, 0.2) is 169 Å². The van der Waals surface area contributed by atoms with Gasteiger partial charge in [-0.3, -0.25) is 19.3 Å². The molecule has 3 heterocycles. The van der Waals surface area contributed by atoms with Crippen molar-refractivity contribution in [3.8, 4) is 11.5 Å². The Kier molecular flexibility index (Phi) is 15.5. The fraction of sp³-hybridized carbons (Fsp3) is 0.304. The number of hydrogen-bond acceptors (Lipinski definition) is 10. The summed E-state index contributed by atoms with van der Waals surface area (Å²) < 4.78 is 15.6. The number of nitrogens with zero attached hydrogens (tertiary/aromatic N) is 8. The smallest absolute Gasteiger partial charge is 0.243 e. The van der Waals surface area contributed by atoms with Crippen LogP contribution in [0.3, 0.4) is 0 Å². The zero-order chi connectivity index (χ0) is 47.2. The fourth-order valence-electron chi connectivity index (χ4n) is 9.21. The predicted octanol–water partition coefficient (Wildman–Crippen LogP) is 9.30. The van der Waals surface area contributed by atoms with E-state index in [-0.39, 0.29) is 29.6 Å². The number of carbonyl (C=O) groups excluding carboxylic acids is 3. The van der Waals surface area contributed by atoms with Crippen molar-refractivity contribution in [2.24, 2.45) is 0 Å². The summed E-state index contributed by atoms with van der Waals surface area (Å²) in [6, 6.07) is 24.1. The van der Waals surface area contributed by atoms with Gasteiger partial charge in [0, 0.05) is 42.7 Å². The second-order valence-corrected chi connectivity index (χ2v) is 17.8. The molecule has 9 rings (SSSR count). The lowest BCUT2D eigenvalue weighted by molar-refractivity contribution is -0.162. The minimum atomic E-state index is -0.445. The molecule has 0 radical (unpaired) electrons. The van der Waals surface area contributed by atoms with E-state index < -0.39 is 6.04 Å². The van der Waals surface area contributed by atoms with Crippen LogP contribution in [0.1, 0.15) is 89.0 Å². The Morgan fingerprint density at radius 2 is 1.17 bits per heavy atom. The summed E-state index contributed by atoms with van der Waals surface area (Å²) in [7, 11) is 0. The Bertz CT molecular complexity index is 2630. The molecule has 1 aliphatic heterocycles. The van der Waals surface area contributed by atoms with Gasteiger partial charge in [-0.15, -0.1) is 10.2 Å². The van der Waals surface area contributed by atoms with Crippen LogP contribution in [-0.2, 0) is 31.0 Å². The summed E-state index contributed by atoms with van der Waals surface area (Å²) in [4.78, 5) is 44.2. The van der Waals surface area contributed by atoms with Crippen molar-refractivity contribution in [3.63, 3.8) is 0 Å². The van der Waals surface area contributed by atoms with E-state index in [9.17, 15) is 14.4 Å². The molecule has 0 spiro atoms. The number of ketones is 2. The molecule has 4 aliphatic rings. The van der Waals surface area contributed by atoms with Crippen molar-refractivity contribution in [2.75, 3.05) is 13.2 Å². The first-order valence-corrected chi connectivity index (χ1v) is 24.1. The Morgan fingerprint density at radius 1 is 0.652 bits per heavy atom. The van der Waals surface area contributed by atoms with Gasteiger partial charge in [0.15, 0.2) is 11.6 Å². The molecule has 13 heteroatoms. The van der Waals surface area contributed by atoms with Crippen molar-refractivity contribution < 1.29 is 23.9 Å². The minimum Gasteiger partial charge on any atom is -0.492 e. The van der Waals surface area contributed by atoms with E-state index in [1.165, 1.54) is 12.8 Å². The molecule has 0 unspecified atom stereocenters. The molecule has 2 atom stereocenters. The van der Waals surface area contributed by atoms with Crippen molar-refractivity contribution in [1.82, 2.24) is 39.8 Å². The summed E-state index contributed by atoms with van der Waals surface area (Å²) >= 11 is 0. The van der Waals surface area contributed by atoms with E-state index in [1.807, 2.05) is 54.9 Å². The second kappa shape index (κ2) is 23.0. The van der Waals surface area contributed by atoms with Gasteiger partial charge in [-0.1, -0.05) is 127 Å². The number of rotatable bonds is 22. The number of hydrogen-bond donors (Lipinski definition) is 0. The Hall–Kier alpha value is -7.51. The third kappa shape index (κ3) is 12.5. The second-order valence-electron chi connectivity index (χ2n) is 17.8. The van der Waals surface area contributed by atoms with Crippen LogP contribution in [0.5, 0.6) is 11.5 Å². The summed E-state index contributed by atoms with van der Waals surface area (Å²) in [5.74, 6) is 1.30. The van der Waals surface area contributed by atoms with Crippen LogP contribution in [0.25, 0.3) is 6.08 Å². The Morgan fingerprint density at radius 3 is 1.67 bits per heavy atom. The van der Waals surface area contributed by atoms with E-state index in [0.717, 1.165) is 55.2 Å². The van der Waals surface area contributed by atoms with E-state index in [1.54, 1.807) is 70.0 Å².